The van der Waals surface area contributed by atoms with E-state index < -0.39 is 0 Å². The van der Waals surface area contributed by atoms with Crippen LogP contribution in [0.4, 0.5) is 0 Å². The lowest BCUT2D eigenvalue weighted by Gasteiger charge is -2.00. The predicted molar refractivity (Wildman–Crippen MR) is 46.7 cm³/mol. The molecule has 1 aromatic heterocycles. The lowest BCUT2D eigenvalue weighted by atomic mass is 10.5. The molecule has 0 saturated heterocycles. The fourth-order valence-corrected chi connectivity index (χ4v) is 1.35. The number of hydrogen-bond donors (Lipinski definition) is 0. The van der Waals surface area contributed by atoms with Gasteiger partial charge in [0.1, 0.15) is 11.1 Å². The van der Waals surface area contributed by atoms with Crippen molar-refractivity contribution in [2.75, 3.05) is 7.11 Å². The second kappa shape index (κ2) is 3.71. The molecule has 0 aliphatic carbocycles. The Morgan fingerprint density at radius 3 is 2.92 bits per heavy atom. The third-order valence-corrected chi connectivity index (χ3v) is 2.00. The quantitative estimate of drug-likeness (QED) is 0.719. The molecule has 1 aromatic rings. The number of carbonyl (C=O) groups is 1. The first-order valence-electron chi connectivity index (χ1n) is 3.40. The van der Waals surface area contributed by atoms with Gasteiger partial charge in [0, 0.05) is 0 Å². The number of carbonyl (C=O) groups excluding carboxylic acids is 1. The summed E-state index contributed by atoms with van der Waals surface area (Å²) in [5, 5.41) is 4.07. The van der Waals surface area contributed by atoms with E-state index in [4.69, 9.17) is 0 Å². The molecule has 1 heterocycles. The summed E-state index contributed by atoms with van der Waals surface area (Å²) in [6.07, 6.45) is 0. The minimum Gasteiger partial charge on any atom is -0.468 e. The number of rotatable bonds is 2. The second-order valence-corrected chi connectivity index (χ2v) is 3.15. The first-order chi connectivity index (χ1) is 5.63. The van der Waals surface area contributed by atoms with Crippen LogP contribution in [0, 0.1) is 6.92 Å². The average molecular weight is 233 g/mol. The smallest absolute Gasteiger partial charge is 0.327 e. The maximum atomic E-state index is 10.8. The van der Waals surface area contributed by atoms with Gasteiger partial charge >= 0.3 is 5.97 Å². The molecule has 12 heavy (non-hydrogen) atoms. The number of esters is 1. The topological polar surface area (TPSA) is 44.1 Å². The van der Waals surface area contributed by atoms with Crippen molar-refractivity contribution in [1.82, 2.24) is 9.78 Å². The third-order valence-electron chi connectivity index (χ3n) is 1.36. The van der Waals surface area contributed by atoms with E-state index in [2.05, 4.69) is 25.8 Å². The summed E-state index contributed by atoms with van der Waals surface area (Å²) in [6.45, 7) is 2.00. The molecule has 0 radical (unpaired) electrons. The van der Waals surface area contributed by atoms with Crippen molar-refractivity contribution in [1.29, 1.82) is 0 Å². The summed E-state index contributed by atoms with van der Waals surface area (Å²) in [6, 6.07) is 1.84. The Bertz CT molecular complexity index is 296. The standard InChI is InChI=1S/C7H9BrN2O2/c1-5-3-6(8)10(9-5)4-7(11)12-2/h3H,4H2,1-2H3. The van der Waals surface area contributed by atoms with Crippen LogP contribution in [-0.2, 0) is 16.1 Å². The molecule has 0 unspecified atom stereocenters. The van der Waals surface area contributed by atoms with Crippen molar-refractivity contribution in [2.45, 2.75) is 13.5 Å². The summed E-state index contributed by atoms with van der Waals surface area (Å²) >= 11 is 3.27. The summed E-state index contributed by atoms with van der Waals surface area (Å²) < 4.78 is 6.82. The highest BCUT2D eigenvalue weighted by Crippen LogP contribution is 2.10. The molecule has 0 aliphatic heterocycles. The van der Waals surface area contributed by atoms with E-state index >= 15 is 0 Å². The molecule has 0 saturated carbocycles. The first kappa shape index (κ1) is 9.25. The molecule has 0 N–H and O–H groups in total. The number of aromatic nitrogens is 2. The van der Waals surface area contributed by atoms with E-state index in [-0.39, 0.29) is 12.5 Å². The Labute approximate surface area is 78.6 Å². The van der Waals surface area contributed by atoms with Gasteiger partial charge in [-0.05, 0) is 28.9 Å². The van der Waals surface area contributed by atoms with Crippen LogP contribution in [-0.4, -0.2) is 22.9 Å². The van der Waals surface area contributed by atoms with E-state index in [0.29, 0.717) is 0 Å². The van der Waals surface area contributed by atoms with Gasteiger partial charge in [-0.15, -0.1) is 0 Å². The van der Waals surface area contributed by atoms with Crippen molar-refractivity contribution >= 4 is 21.9 Å². The van der Waals surface area contributed by atoms with Crippen molar-refractivity contribution in [3.05, 3.63) is 16.4 Å². The summed E-state index contributed by atoms with van der Waals surface area (Å²) in [4.78, 5) is 10.8. The molecule has 1 rings (SSSR count). The van der Waals surface area contributed by atoms with Crippen molar-refractivity contribution < 1.29 is 9.53 Å². The maximum absolute atomic E-state index is 10.8. The molecule has 66 valence electrons. The minimum atomic E-state index is -0.307. The maximum Gasteiger partial charge on any atom is 0.327 e. The number of methoxy groups -OCH3 is 1. The summed E-state index contributed by atoms with van der Waals surface area (Å²) in [7, 11) is 1.35. The minimum absolute atomic E-state index is 0.144. The van der Waals surface area contributed by atoms with Crippen LogP contribution in [0.5, 0.6) is 0 Å². The molecule has 0 fully saturated rings. The normalized spacial score (nSPS) is 9.92. The fourth-order valence-electron chi connectivity index (χ4n) is 0.812. The Hall–Kier alpha value is -0.840. The van der Waals surface area contributed by atoms with Crippen LogP contribution in [0.3, 0.4) is 0 Å². The predicted octanol–water partition coefficient (Wildman–Crippen LogP) is 1.13. The van der Waals surface area contributed by atoms with E-state index in [1.807, 2.05) is 13.0 Å². The van der Waals surface area contributed by atoms with E-state index in [1.54, 1.807) is 4.68 Å². The second-order valence-electron chi connectivity index (χ2n) is 2.34. The van der Waals surface area contributed by atoms with E-state index in [1.165, 1.54) is 7.11 Å². The van der Waals surface area contributed by atoms with Crippen LogP contribution in [0.15, 0.2) is 10.7 Å². The average Bonchev–Trinajstić information content (AvgIpc) is 2.30. The van der Waals surface area contributed by atoms with Gasteiger partial charge in [-0.1, -0.05) is 0 Å². The van der Waals surface area contributed by atoms with Crippen LogP contribution in [0.25, 0.3) is 0 Å². The monoisotopic (exact) mass is 232 g/mol. The molecule has 0 aromatic carbocycles. The van der Waals surface area contributed by atoms with Gasteiger partial charge in [0.2, 0.25) is 0 Å². The number of nitrogens with zero attached hydrogens (tertiary/aromatic N) is 2. The van der Waals surface area contributed by atoms with Crippen molar-refractivity contribution in [2.24, 2.45) is 0 Å². The molecule has 0 spiro atoms. The molecule has 5 heteroatoms. The highest BCUT2D eigenvalue weighted by Gasteiger charge is 2.06. The Morgan fingerprint density at radius 1 is 1.83 bits per heavy atom. The Kier molecular flexibility index (Phi) is 2.86. The fraction of sp³-hybridized carbons (Fsp3) is 0.429. The van der Waals surface area contributed by atoms with Gasteiger partial charge in [0.05, 0.1) is 12.8 Å². The Balaban J connectivity index is 2.75. The zero-order valence-electron chi connectivity index (χ0n) is 6.87. The molecular formula is C7H9BrN2O2. The van der Waals surface area contributed by atoms with Crippen LogP contribution in [0.1, 0.15) is 5.69 Å². The van der Waals surface area contributed by atoms with Crippen molar-refractivity contribution in [3.63, 3.8) is 0 Å². The van der Waals surface area contributed by atoms with Gasteiger partial charge in [-0.3, -0.25) is 4.79 Å². The largest absolute Gasteiger partial charge is 0.468 e. The van der Waals surface area contributed by atoms with Crippen LogP contribution >= 0.6 is 15.9 Å². The zero-order chi connectivity index (χ0) is 9.14. The highest BCUT2D eigenvalue weighted by molar-refractivity contribution is 9.10. The number of halogens is 1. The molecule has 0 aliphatic rings. The molecular weight excluding hydrogens is 224 g/mol. The SMILES string of the molecule is COC(=O)Cn1nc(C)cc1Br. The Morgan fingerprint density at radius 2 is 2.50 bits per heavy atom. The van der Waals surface area contributed by atoms with E-state index in [9.17, 15) is 4.79 Å². The van der Waals surface area contributed by atoms with Crippen molar-refractivity contribution in [3.8, 4) is 0 Å². The van der Waals surface area contributed by atoms with Gasteiger partial charge in [0.25, 0.3) is 0 Å². The summed E-state index contributed by atoms with van der Waals surface area (Å²) in [5.74, 6) is -0.307. The van der Waals surface area contributed by atoms with Gasteiger partial charge in [0.15, 0.2) is 0 Å². The number of hydrogen-bond acceptors (Lipinski definition) is 3. The molecule has 4 nitrogen and oxygen atoms in total. The van der Waals surface area contributed by atoms with Crippen LogP contribution < -0.4 is 0 Å². The molecule has 0 bridgehead atoms. The zero-order valence-corrected chi connectivity index (χ0v) is 8.46. The highest BCUT2D eigenvalue weighted by atomic mass is 79.9. The number of aryl methyl sites for hydroxylation is 1. The first-order valence-corrected chi connectivity index (χ1v) is 4.19. The third kappa shape index (κ3) is 2.07. The van der Waals surface area contributed by atoms with Crippen LogP contribution in [0.2, 0.25) is 0 Å². The van der Waals surface area contributed by atoms with Gasteiger partial charge in [-0.25, -0.2) is 4.68 Å². The number of ether oxygens (including phenoxy) is 1. The molecule has 0 amide bonds. The lowest BCUT2D eigenvalue weighted by Crippen LogP contribution is -2.12. The van der Waals surface area contributed by atoms with Gasteiger partial charge < -0.3 is 4.74 Å². The molecule has 0 atom stereocenters. The van der Waals surface area contributed by atoms with Gasteiger partial charge in [-0.2, -0.15) is 5.10 Å². The lowest BCUT2D eigenvalue weighted by molar-refractivity contribution is -0.141. The summed E-state index contributed by atoms with van der Waals surface area (Å²) in [5.41, 5.74) is 0.866. The van der Waals surface area contributed by atoms with E-state index in [0.717, 1.165) is 10.3 Å².